The summed E-state index contributed by atoms with van der Waals surface area (Å²) < 4.78 is 3.67. The lowest BCUT2D eigenvalue weighted by Crippen LogP contribution is -2.11. The number of fused-ring (bicyclic) bond motifs is 1. The van der Waals surface area contributed by atoms with Crippen LogP contribution in [0, 0.1) is 6.92 Å². The van der Waals surface area contributed by atoms with E-state index in [1.807, 2.05) is 41.2 Å². The number of aromatic nitrogens is 8. The fourth-order valence-electron chi connectivity index (χ4n) is 3.63. The number of halogens is 1. The van der Waals surface area contributed by atoms with E-state index in [1.165, 1.54) is 6.33 Å². The van der Waals surface area contributed by atoms with E-state index in [0.717, 1.165) is 33.4 Å². The molecule has 0 saturated heterocycles. The topological polar surface area (TPSA) is 90.1 Å². The van der Waals surface area contributed by atoms with Gasteiger partial charge in [0.15, 0.2) is 11.6 Å². The van der Waals surface area contributed by atoms with Gasteiger partial charge in [0.2, 0.25) is 0 Å². The second kappa shape index (κ2) is 7.38. The van der Waals surface area contributed by atoms with Crippen molar-refractivity contribution in [1.82, 2.24) is 39.7 Å². The van der Waals surface area contributed by atoms with Crippen molar-refractivity contribution in [2.24, 2.45) is 0 Å². The van der Waals surface area contributed by atoms with Crippen LogP contribution in [0.5, 0.6) is 0 Å². The van der Waals surface area contributed by atoms with Gasteiger partial charge in [0, 0.05) is 16.0 Å². The molecule has 1 unspecified atom stereocenters. The maximum Gasteiger partial charge on any atom is 0.172 e. The van der Waals surface area contributed by atoms with Crippen molar-refractivity contribution in [3.8, 4) is 11.4 Å². The summed E-state index contributed by atoms with van der Waals surface area (Å²) in [5, 5.41) is 18.0. The first kappa shape index (κ1) is 18.5. The Morgan fingerprint density at radius 1 is 1.13 bits per heavy atom. The summed E-state index contributed by atoms with van der Waals surface area (Å²) in [4.78, 5) is 8.88. The number of H-pyrrole nitrogens is 1. The molecule has 9 heteroatoms. The zero-order chi connectivity index (χ0) is 20.7. The van der Waals surface area contributed by atoms with E-state index in [0.29, 0.717) is 17.4 Å². The summed E-state index contributed by atoms with van der Waals surface area (Å²) in [6, 6.07) is 11.9. The molecule has 1 atom stereocenters. The highest BCUT2D eigenvalue weighted by atomic mass is 35.5. The molecule has 0 aliphatic rings. The Kier molecular flexibility index (Phi) is 4.55. The largest absolute Gasteiger partial charge is 0.278 e. The number of nitrogens with zero attached hydrogens (tertiary/aromatic N) is 7. The normalized spacial score (nSPS) is 12.5. The third kappa shape index (κ3) is 3.25. The van der Waals surface area contributed by atoms with Gasteiger partial charge in [-0.3, -0.25) is 5.10 Å². The van der Waals surface area contributed by atoms with E-state index in [-0.39, 0.29) is 6.04 Å². The zero-order valence-electron chi connectivity index (χ0n) is 16.5. The van der Waals surface area contributed by atoms with Crippen LogP contribution in [0.25, 0.3) is 22.3 Å². The fraction of sp³-hybridized carbons (Fsp3) is 0.190. The first-order chi connectivity index (χ1) is 14.6. The SMILES string of the molecule is Cc1c(-c2nc(Cn3cncn3)nn2C(C)c2ccc(Cl)cc2)ccc2[nH]ncc12. The minimum Gasteiger partial charge on any atom is -0.278 e. The van der Waals surface area contributed by atoms with Crippen molar-refractivity contribution in [2.75, 3.05) is 0 Å². The Morgan fingerprint density at radius 3 is 2.73 bits per heavy atom. The number of rotatable bonds is 5. The van der Waals surface area contributed by atoms with Crippen LogP contribution >= 0.6 is 11.6 Å². The highest BCUT2D eigenvalue weighted by Gasteiger charge is 2.21. The van der Waals surface area contributed by atoms with Gasteiger partial charge in [0.1, 0.15) is 19.2 Å². The average Bonchev–Trinajstić information content (AvgIpc) is 3.50. The molecule has 150 valence electrons. The van der Waals surface area contributed by atoms with Gasteiger partial charge in [-0.25, -0.2) is 19.3 Å². The van der Waals surface area contributed by atoms with Gasteiger partial charge in [0.05, 0.1) is 17.8 Å². The molecule has 3 aromatic heterocycles. The zero-order valence-corrected chi connectivity index (χ0v) is 17.2. The molecule has 3 heterocycles. The van der Waals surface area contributed by atoms with Gasteiger partial charge in [-0.2, -0.15) is 15.3 Å². The molecule has 0 amide bonds. The maximum atomic E-state index is 6.08. The molecule has 8 nitrogen and oxygen atoms in total. The van der Waals surface area contributed by atoms with Crippen LogP contribution in [-0.4, -0.2) is 39.7 Å². The van der Waals surface area contributed by atoms with Crippen molar-refractivity contribution < 1.29 is 0 Å². The summed E-state index contributed by atoms with van der Waals surface area (Å²) in [6.07, 6.45) is 5.00. The molecule has 5 rings (SSSR count). The predicted molar refractivity (Wildman–Crippen MR) is 114 cm³/mol. The molecule has 5 aromatic rings. The van der Waals surface area contributed by atoms with Crippen LogP contribution in [0.4, 0.5) is 0 Å². The third-order valence-electron chi connectivity index (χ3n) is 5.30. The van der Waals surface area contributed by atoms with E-state index in [9.17, 15) is 0 Å². The van der Waals surface area contributed by atoms with E-state index in [1.54, 1.807) is 11.0 Å². The molecule has 0 aliphatic heterocycles. The summed E-state index contributed by atoms with van der Waals surface area (Å²) in [5.41, 5.74) is 4.21. The Hall–Kier alpha value is -3.52. The second-order valence-electron chi connectivity index (χ2n) is 7.19. The van der Waals surface area contributed by atoms with Gasteiger partial charge in [-0.1, -0.05) is 23.7 Å². The predicted octanol–water partition coefficient (Wildman–Crippen LogP) is 4.03. The Morgan fingerprint density at radius 2 is 1.97 bits per heavy atom. The first-order valence-corrected chi connectivity index (χ1v) is 9.94. The Balaban J connectivity index is 1.64. The number of benzene rings is 2. The van der Waals surface area contributed by atoms with Gasteiger partial charge < -0.3 is 0 Å². The number of hydrogen-bond donors (Lipinski definition) is 1. The first-order valence-electron chi connectivity index (χ1n) is 9.56. The van der Waals surface area contributed by atoms with Crippen LogP contribution in [0.2, 0.25) is 5.02 Å². The minimum atomic E-state index is -0.0336. The lowest BCUT2D eigenvalue weighted by molar-refractivity contribution is 0.553. The van der Waals surface area contributed by atoms with Gasteiger partial charge in [0.25, 0.3) is 0 Å². The maximum absolute atomic E-state index is 6.08. The third-order valence-corrected chi connectivity index (χ3v) is 5.55. The molecule has 0 radical (unpaired) electrons. The molecular formula is C21H19ClN8. The summed E-state index contributed by atoms with van der Waals surface area (Å²) in [7, 11) is 0. The summed E-state index contributed by atoms with van der Waals surface area (Å²) in [5.74, 6) is 1.47. The molecule has 0 fully saturated rings. The van der Waals surface area contributed by atoms with Crippen LogP contribution < -0.4 is 0 Å². The summed E-state index contributed by atoms with van der Waals surface area (Å²) >= 11 is 6.08. The molecular weight excluding hydrogens is 400 g/mol. The van der Waals surface area contributed by atoms with Crippen LogP contribution in [0.3, 0.4) is 0 Å². The highest BCUT2D eigenvalue weighted by Crippen LogP contribution is 2.31. The Labute approximate surface area is 177 Å². The van der Waals surface area contributed by atoms with Crippen LogP contribution in [0.1, 0.15) is 29.9 Å². The average molecular weight is 419 g/mol. The molecule has 0 saturated carbocycles. The number of hydrogen-bond acceptors (Lipinski definition) is 5. The van der Waals surface area contributed by atoms with Crippen molar-refractivity contribution in [3.05, 3.63) is 77.2 Å². The van der Waals surface area contributed by atoms with Crippen LogP contribution in [0.15, 0.2) is 55.2 Å². The van der Waals surface area contributed by atoms with Crippen molar-refractivity contribution in [2.45, 2.75) is 26.4 Å². The minimum absolute atomic E-state index is 0.0336. The van der Waals surface area contributed by atoms with Gasteiger partial charge >= 0.3 is 0 Å². The van der Waals surface area contributed by atoms with Crippen molar-refractivity contribution in [1.29, 1.82) is 0 Å². The van der Waals surface area contributed by atoms with Crippen molar-refractivity contribution in [3.63, 3.8) is 0 Å². The van der Waals surface area contributed by atoms with Crippen molar-refractivity contribution >= 4 is 22.5 Å². The quantitative estimate of drug-likeness (QED) is 0.465. The molecule has 0 spiro atoms. The van der Waals surface area contributed by atoms with E-state index < -0.39 is 0 Å². The molecule has 0 bridgehead atoms. The fourth-order valence-corrected chi connectivity index (χ4v) is 3.76. The standard InChI is InChI=1S/C21H19ClN8/c1-13-17(7-8-19-18(13)9-24-27-19)21-26-20(10-29-12-23-11-25-29)28-30(21)14(2)15-3-5-16(22)6-4-15/h3-9,11-12,14H,10H2,1-2H3,(H,24,27). The lowest BCUT2D eigenvalue weighted by atomic mass is 10.0. The molecule has 1 N–H and O–H groups in total. The molecule has 0 aliphatic carbocycles. The van der Waals surface area contributed by atoms with Crippen LogP contribution in [-0.2, 0) is 6.54 Å². The second-order valence-corrected chi connectivity index (χ2v) is 7.62. The van der Waals surface area contributed by atoms with Gasteiger partial charge in [-0.05, 0) is 49.2 Å². The highest BCUT2D eigenvalue weighted by molar-refractivity contribution is 6.30. The monoisotopic (exact) mass is 418 g/mol. The smallest absolute Gasteiger partial charge is 0.172 e. The Bertz CT molecular complexity index is 1300. The number of aryl methyl sites for hydroxylation is 1. The number of aromatic amines is 1. The molecule has 30 heavy (non-hydrogen) atoms. The number of nitrogens with one attached hydrogen (secondary N) is 1. The van der Waals surface area contributed by atoms with E-state index in [2.05, 4.69) is 40.2 Å². The molecule has 2 aromatic carbocycles. The van der Waals surface area contributed by atoms with E-state index >= 15 is 0 Å². The summed E-state index contributed by atoms with van der Waals surface area (Å²) in [6.45, 7) is 4.63. The van der Waals surface area contributed by atoms with E-state index in [4.69, 9.17) is 21.7 Å². The lowest BCUT2D eigenvalue weighted by Gasteiger charge is -2.16. The van der Waals surface area contributed by atoms with Gasteiger partial charge in [-0.15, -0.1) is 0 Å².